The van der Waals surface area contributed by atoms with Crippen molar-refractivity contribution in [3.05, 3.63) is 93.9 Å². The van der Waals surface area contributed by atoms with E-state index < -0.39 is 12.3 Å². The molecule has 3 heterocycles. The molecule has 0 bridgehead atoms. The van der Waals surface area contributed by atoms with Crippen molar-refractivity contribution >= 4 is 35.3 Å². The highest BCUT2D eigenvalue weighted by atomic mass is 35.5. The fourth-order valence-electron chi connectivity index (χ4n) is 5.50. The van der Waals surface area contributed by atoms with Crippen molar-refractivity contribution in [2.24, 2.45) is 0 Å². The molecule has 8 nitrogen and oxygen atoms in total. The van der Waals surface area contributed by atoms with E-state index in [4.69, 9.17) is 37.1 Å². The van der Waals surface area contributed by atoms with Gasteiger partial charge in [0.2, 0.25) is 0 Å². The summed E-state index contributed by atoms with van der Waals surface area (Å²) in [6, 6.07) is 18.6. The summed E-state index contributed by atoms with van der Waals surface area (Å²) in [7, 11) is 1.84. The number of carbonyl (C=O) groups excluding carboxylic acids is 2. The normalized spacial score (nSPS) is 19.6. The highest BCUT2D eigenvalue weighted by molar-refractivity contribution is 6.42. The summed E-state index contributed by atoms with van der Waals surface area (Å²) in [5.41, 5.74) is 1.72. The molecule has 0 aliphatic carbocycles. The monoisotopic (exact) mass is 585 g/mol. The van der Waals surface area contributed by atoms with E-state index in [-0.39, 0.29) is 24.5 Å². The number of cyclic esters (lactones) is 2. The molecule has 2 saturated heterocycles. The van der Waals surface area contributed by atoms with E-state index in [2.05, 4.69) is 9.80 Å². The number of hydrogen-bond acceptors (Lipinski definition) is 7. The summed E-state index contributed by atoms with van der Waals surface area (Å²) in [6.45, 7) is 4.92. The second-order valence-corrected chi connectivity index (χ2v) is 11.1. The van der Waals surface area contributed by atoms with Crippen LogP contribution in [0.15, 0.2) is 71.3 Å². The standard InChI is InChI=1S/C30H33Cl2N3O5/c1-33(29(36)21-6-3-2-4-7-21)19-23(22-9-10-24(31)25(32)18-22)11-12-34-13-15-35(16-14-34)28(26-8-5-17-38-26)27-20-39-30(37)40-27/h2-10,17-18,23,27-28H,11-16,19-20H2,1H3/t23-,27-,28?/m1/s1. The summed E-state index contributed by atoms with van der Waals surface area (Å²) in [6.07, 6.45) is 1.45. The molecule has 5 rings (SSSR count). The van der Waals surface area contributed by atoms with Crippen molar-refractivity contribution < 1.29 is 23.5 Å². The topological polar surface area (TPSA) is 75.5 Å². The van der Waals surface area contributed by atoms with Gasteiger partial charge in [-0.15, -0.1) is 0 Å². The Morgan fingerprint density at radius 3 is 2.45 bits per heavy atom. The number of carbonyl (C=O) groups is 2. The molecule has 2 aromatic carbocycles. The van der Waals surface area contributed by atoms with Gasteiger partial charge in [-0.05, 0) is 54.9 Å². The first-order chi connectivity index (χ1) is 19.4. The van der Waals surface area contributed by atoms with Gasteiger partial charge in [0.25, 0.3) is 5.91 Å². The van der Waals surface area contributed by atoms with Gasteiger partial charge in [-0.3, -0.25) is 9.69 Å². The van der Waals surface area contributed by atoms with Crippen LogP contribution in [-0.4, -0.2) is 85.8 Å². The molecule has 1 unspecified atom stereocenters. The van der Waals surface area contributed by atoms with Gasteiger partial charge in [0.1, 0.15) is 18.4 Å². The van der Waals surface area contributed by atoms with Crippen LogP contribution in [0.3, 0.4) is 0 Å². The summed E-state index contributed by atoms with van der Waals surface area (Å²) in [5.74, 6) is 0.832. The van der Waals surface area contributed by atoms with Gasteiger partial charge in [0, 0.05) is 51.3 Å². The maximum Gasteiger partial charge on any atom is 0.508 e. The summed E-state index contributed by atoms with van der Waals surface area (Å²) in [5, 5.41) is 1.02. The number of furan rings is 1. The lowest BCUT2D eigenvalue weighted by Crippen LogP contribution is -2.50. The third kappa shape index (κ3) is 6.81. The van der Waals surface area contributed by atoms with E-state index in [1.54, 1.807) is 11.2 Å². The number of hydrogen-bond donors (Lipinski definition) is 0. The van der Waals surface area contributed by atoms with E-state index in [9.17, 15) is 9.59 Å². The smallest absolute Gasteiger partial charge is 0.468 e. The quantitative estimate of drug-likeness (QED) is 0.281. The lowest BCUT2D eigenvalue weighted by atomic mass is 9.94. The van der Waals surface area contributed by atoms with Gasteiger partial charge in [0.15, 0.2) is 6.10 Å². The number of amides is 1. The Hall–Kier alpha value is -3.04. The van der Waals surface area contributed by atoms with Crippen LogP contribution in [0.1, 0.15) is 40.1 Å². The van der Waals surface area contributed by atoms with E-state index in [1.807, 2.05) is 67.7 Å². The Balaban J connectivity index is 1.22. The fourth-order valence-corrected chi connectivity index (χ4v) is 5.81. The number of benzene rings is 2. The average Bonchev–Trinajstić information content (AvgIpc) is 3.66. The highest BCUT2D eigenvalue weighted by Crippen LogP contribution is 2.32. The summed E-state index contributed by atoms with van der Waals surface area (Å²) in [4.78, 5) is 31.2. The van der Waals surface area contributed by atoms with Gasteiger partial charge in [-0.25, -0.2) is 4.79 Å². The Morgan fingerprint density at radius 1 is 1.02 bits per heavy atom. The molecular weight excluding hydrogens is 553 g/mol. The number of likely N-dealkylation sites (N-methyl/N-ethyl adjacent to an activating group) is 1. The predicted molar refractivity (Wildman–Crippen MR) is 153 cm³/mol. The highest BCUT2D eigenvalue weighted by Gasteiger charge is 2.40. The molecule has 0 spiro atoms. The molecule has 40 heavy (non-hydrogen) atoms. The van der Waals surface area contributed by atoms with Crippen LogP contribution in [0.5, 0.6) is 0 Å². The third-order valence-electron chi connectivity index (χ3n) is 7.67. The minimum atomic E-state index is -0.635. The minimum absolute atomic E-state index is 0.0140. The first kappa shape index (κ1) is 28.5. The van der Waals surface area contributed by atoms with E-state index in [1.165, 1.54) is 0 Å². The van der Waals surface area contributed by atoms with Gasteiger partial charge >= 0.3 is 6.16 Å². The van der Waals surface area contributed by atoms with Crippen molar-refractivity contribution in [2.75, 3.05) is 52.9 Å². The maximum absolute atomic E-state index is 13.1. The largest absolute Gasteiger partial charge is 0.508 e. The second-order valence-electron chi connectivity index (χ2n) is 10.3. The number of ether oxygens (including phenoxy) is 2. The Bertz CT molecular complexity index is 1280. The Kier molecular flexibility index (Phi) is 9.32. The molecule has 212 valence electrons. The van der Waals surface area contributed by atoms with Gasteiger partial charge < -0.3 is 23.7 Å². The Labute approximate surface area is 244 Å². The van der Waals surface area contributed by atoms with Crippen LogP contribution in [0.4, 0.5) is 4.79 Å². The molecular formula is C30H33Cl2N3O5. The van der Waals surface area contributed by atoms with E-state index in [0.29, 0.717) is 22.2 Å². The van der Waals surface area contributed by atoms with Crippen LogP contribution < -0.4 is 0 Å². The molecule has 1 amide bonds. The number of halogens is 2. The molecule has 0 N–H and O–H groups in total. The zero-order valence-corrected chi connectivity index (χ0v) is 23.9. The van der Waals surface area contributed by atoms with Crippen LogP contribution in [0.25, 0.3) is 0 Å². The lowest BCUT2D eigenvalue weighted by molar-refractivity contribution is 0.0175. The maximum atomic E-state index is 13.1. The zero-order valence-electron chi connectivity index (χ0n) is 22.4. The molecule has 0 saturated carbocycles. The van der Waals surface area contributed by atoms with Crippen molar-refractivity contribution in [1.82, 2.24) is 14.7 Å². The average molecular weight is 587 g/mol. The SMILES string of the molecule is CN(C[C@@H](CCN1CCN(C(c2ccco2)[C@H]2COC(=O)O2)CC1)c1ccc(Cl)c(Cl)c1)C(=O)c1ccccc1. The molecule has 0 radical (unpaired) electrons. The first-order valence-corrected chi connectivity index (χ1v) is 14.2. The van der Waals surface area contributed by atoms with Crippen LogP contribution in [-0.2, 0) is 9.47 Å². The van der Waals surface area contributed by atoms with Crippen molar-refractivity contribution in [3.8, 4) is 0 Å². The molecule has 2 aliphatic heterocycles. The lowest BCUT2D eigenvalue weighted by Gasteiger charge is -2.40. The van der Waals surface area contributed by atoms with Crippen LogP contribution in [0.2, 0.25) is 10.0 Å². The van der Waals surface area contributed by atoms with E-state index >= 15 is 0 Å². The summed E-state index contributed by atoms with van der Waals surface area (Å²) < 4.78 is 16.2. The zero-order chi connectivity index (χ0) is 28.1. The molecule has 2 fully saturated rings. The minimum Gasteiger partial charge on any atom is -0.468 e. The molecule has 1 aromatic heterocycles. The second kappa shape index (κ2) is 13.1. The van der Waals surface area contributed by atoms with E-state index in [0.717, 1.165) is 50.5 Å². The van der Waals surface area contributed by atoms with Crippen LogP contribution in [0, 0.1) is 0 Å². The fraction of sp³-hybridized carbons (Fsp3) is 0.400. The van der Waals surface area contributed by atoms with Crippen LogP contribution >= 0.6 is 23.2 Å². The third-order valence-corrected chi connectivity index (χ3v) is 8.41. The van der Waals surface area contributed by atoms with Gasteiger partial charge in [-0.1, -0.05) is 47.5 Å². The number of rotatable bonds is 10. The van der Waals surface area contributed by atoms with Gasteiger partial charge in [0.05, 0.1) is 16.3 Å². The number of nitrogens with zero attached hydrogens (tertiary/aromatic N) is 3. The molecule has 2 aliphatic rings. The predicted octanol–water partition coefficient (Wildman–Crippen LogP) is 5.73. The van der Waals surface area contributed by atoms with Crippen molar-refractivity contribution in [3.63, 3.8) is 0 Å². The van der Waals surface area contributed by atoms with Crippen molar-refractivity contribution in [1.29, 1.82) is 0 Å². The number of piperazine rings is 1. The molecule has 3 atom stereocenters. The van der Waals surface area contributed by atoms with Gasteiger partial charge in [-0.2, -0.15) is 0 Å². The summed E-state index contributed by atoms with van der Waals surface area (Å²) >= 11 is 12.6. The first-order valence-electron chi connectivity index (χ1n) is 13.5. The molecule has 3 aromatic rings. The van der Waals surface area contributed by atoms with Crippen molar-refractivity contribution in [2.45, 2.75) is 24.5 Å². The Morgan fingerprint density at radius 2 is 1.80 bits per heavy atom. The molecule has 10 heteroatoms.